The van der Waals surface area contributed by atoms with Gasteiger partial charge < -0.3 is 9.64 Å². The summed E-state index contributed by atoms with van der Waals surface area (Å²) >= 11 is 0. The first-order valence-electron chi connectivity index (χ1n) is 6.79. The second-order valence-corrected chi connectivity index (χ2v) is 3.80. The van der Waals surface area contributed by atoms with Gasteiger partial charge in [0, 0.05) is 12.1 Å². The number of hydrogen-bond acceptors (Lipinski definition) is 3. The van der Waals surface area contributed by atoms with Crippen molar-refractivity contribution in [3.8, 4) is 0 Å². The Morgan fingerprint density at radius 1 is 1.25 bits per heavy atom. The highest BCUT2D eigenvalue weighted by molar-refractivity contribution is 5.99. The summed E-state index contributed by atoms with van der Waals surface area (Å²) < 4.78 is 4.65. The molecule has 0 aliphatic carbocycles. The molecule has 4 nitrogen and oxygen atoms in total. The topological polar surface area (TPSA) is 46.6 Å². The largest absolute Gasteiger partial charge is 0.467 e. The molecule has 0 radical (unpaired) electrons. The van der Waals surface area contributed by atoms with E-state index in [0.717, 1.165) is 5.57 Å². The zero-order valence-electron chi connectivity index (χ0n) is 13.5. The second kappa shape index (κ2) is 11.0. The minimum atomic E-state index is -0.625. The van der Waals surface area contributed by atoms with E-state index >= 15 is 0 Å². The van der Waals surface area contributed by atoms with E-state index in [0.29, 0.717) is 12.1 Å². The number of carbonyl (C=O) groups is 2. The smallest absolute Gasteiger partial charge is 0.328 e. The van der Waals surface area contributed by atoms with Gasteiger partial charge in [0.2, 0.25) is 0 Å². The molecule has 114 valence electrons. The molecule has 4 heteroatoms. The number of amides is 1. The van der Waals surface area contributed by atoms with Crippen molar-refractivity contribution in [2.45, 2.75) is 40.7 Å². The molecular weight excluding hydrogens is 254 g/mol. The maximum atomic E-state index is 12.3. The van der Waals surface area contributed by atoms with Crippen molar-refractivity contribution in [2.75, 3.05) is 13.7 Å². The Labute approximate surface area is 122 Å². The summed E-state index contributed by atoms with van der Waals surface area (Å²) in [4.78, 5) is 25.2. The van der Waals surface area contributed by atoms with E-state index in [9.17, 15) is 9.59 Å². The maximum absolute atomic E-state index is 12.3. The van der Waals surface area contributed by atoms with E-state index in [-0.39, 0.29) is 5.91 Å². The summed E-state index contributed by atoms with van der Waals surface area (Å²) in [6, 6.07) is -0.625. The fraction of sp³-hybridized carbons (Fsp3) is 0.500. The Morgan fingerprint density at radius 2 is 1.75 bits per heavy atom. The van der Waals surface area contributed by atoms with Gasteiger partial charge in [-0.15, -0.1) is 0 Å². The van der Waals surface area contributed by atoms with Crippen LogP contribution in [0.3, 0.4) is 0 Å². The van der Waals surface area contributed by atoms with Crippen LogP contribution in [0.2, 0.25) is 0 Å². The summed E-state index contributed by atoms with van der Waals surface area (Å²) in [5, 5.41) is 0. The minimum absolute atomic E-state index is 0.247. The van der Waals surface area contributed by atoms with Gasteiger partial charge >= 0.3 is 5.97 Å². The van der Waals surface area contributed by atoms with Gasteiger partial charge in [-0.25, -0.2) is 4.79 Å². The third kappa shape index (κ3) is 5.43. The summed E-state index contributed by atoms with van der Waals surface area (Å²) in [6.07, 6.45) is 3.07. The Kier molecular flexibility index (Phi) is 11.3. The molecule has 0 saturated carbocycles. The average Bonchev–Trinajstić information content (AvgIpc) is 2.49. The van der Waals surface area contributed by atoms with Gasteiger partial charge in [-0.05, 0) is 26.3 Å². The third-order valence-electron chi connectivity index (χ3n) is 2.78. The number of ether oxygens (including phenoxy) is 1. The lowest BCUT2D eigenvalue weighted by atomic mass is 10.1. The van der Waals surface area contributed by atoms with Gasteiger partial charge in [-0.2, -0.15) is 0 Å². The fourth-order valence-corrected chi connectivity index (χ4v) is 1.57. The molecule has 0 heterocycles. The van der Waals surface area contributed by atoms with E-state index in [2.05, 4.69) is 17.9 Å². The predicted molar refractivity (Wildman–Crippen MR) is 83.3 cm³/mol. The van der Waals surface area contributed by atoms with Crippen molar-refractivity contribution in [3.63, 3.8) is 0 Å². The zero-order valence-corrected chi connectivity index (χ0v) is 13.5. The van der Waals surface area contributed by atoms with Crippen molar-refractivity contribution in [1.29, 1.82) is 0 Å². The van der Waals surface area contributed by atoms with Gasteiger partial charge in [0.25, 0.3) is 5.91 Å². The Morgan fingerprint density at radius 3 is 2.05 bits per heavy atom. The fourth-order valence-electron chi connectivity index (χ4n) is 1.57. The normalized spacial score (nSPS) is 12.1. The molecule has 1 amide bonds. The number of esters is 1. The third-order valence-corrected chi connectivity index (χ3v) is 2.78. The number of nitrogens with zero attached hydrogens (tertiary/aromatic N) is 1. The molecule has 0 N–H and O–H groups in total. The highest BCUT2D eigenvalue weighted by atomic mass is 16.5. The van der Waals surface area contributed by atoms with Crippen LogP contribution in [0, 0.1) is 0 Å². The summed E-state index contributed by atoms with van der Waals surface area (Å²) in [5.41, 5.74) is 1.17. The molecule has 0 aliphatic heterocycles. The minimum Gasteiger partial charge on any atom is -0.467 e. The molecule has 0 fully saturated rings. The van der Waals surface area contributed by atoms with Crippen LogP contribution < -0.4 is 0 Å². The molecule has 1 atom stereocenters. The quantitative estimate of drug-likeness (QED) is 0.427. The van der Waals surface area contributed by atoms with E-state index in [1.54, 1.807) is 26.8 Å². The molecule has 20 heavy (non-hydrogen) atoms. The Bertz CT molecular complexity index is 383. The average molecular weight is 281 g/mol. The van der Waals surface area contributed by atoms with E-state index in [4.69, 9.17) is 0 Å². The highest BCUT2D eigenvalue weighted by Crippen LogP contribution is 2.13. The van der Waals surface area contributed by atoms with Crippen LogP contribution in [0.5, 0.6) is 0 Å². The number of rotatable bonds is 6. The number of allylic oxidation sites excluding steroid dienone is 2. The molecule has 0 saturated heterocycles. The van der Waals surface area contributed by atoms with Crippen LogP contribution >= 0.6 is 0 Å². The summed E-state index contributed by atoms with van der Waals surface area (Å²) in [7, 11) is 1.30. The van der Waals surface area contributed by atoms with Gasteiger partial charge in [0.15, 0.2) is 0 Å². The lowest BCUT2D eigenvalue weighted by molar-refractivity contribution is -0.150. The standard InChI is InChI=1S/C14H21NO3.C2H6/c1-7-10(4)12(8-2)13(16)15(9-3)11(5)14(17)18-6;1-2/h7-8,11H,1-2,9H2,3-6H3;1-2H3/b12-10+;. The SMILES string of the molecule is C=C/C(C)=C(\C=C)C(=O)N(CC)C(C)C(=O)OC.CC. The molecule has 0 rings (SSSR count). The Hall–Kier alpha value is -1.84. The predicted octanol–water partition coefficient (Wildman–Crippen LogP) is 3.11. The van der Waals surface area contributed by atoms with Crippen LogP contribution in [-0.2, 0) is 14.3 Å². The molecule has 0 aromatic heterocycles. The van der Waals surface area contributed by atoms with Gasteiger partial charge in [0.05, 0.1) is 7.11 Å². The van der Waals surface area contributed by atoms with Crippen molar-refractivity contribution < 1.29 is 14.3 Å². The molecule has 0 bridgehead atoms. The molecule has 0 spiro atoms. The first kappa shape index (κ1) is 20.5. The van der Waals surface area contributed by atoms with Crippen molar-refractivity contribution in [3.05, 3.63) is 36.5 Å². The van der Waals surface area contributed by atoms with Gasteiger partial charge in [0.1, 0.15) is 6.04 Å². The molecule has 0 aromatic carbocycles. The van der Waals surface area contributed by atoms with Crippen LogP contribution in [0.1, 0.15) is 34.6 Å². The summed E-state index contributed by atoms with van der Waals surface area (Å²) in [5.74, 6) is -0.687. The molecule has 0 aliphatic rings. The van der Waals surface area contributed by atoms with E-state index in [1.165, 1.54) is 18.1 Å². The number of likely N-dealkylation sites (N-methyl/N-ethyl adjacent to an activating group) is 1. The van der Waals surface area contributed by atoms with Gasteiger partial charge in [-0.3, -0.25) is 4.79 Å². The first-order chi connectivity index (χ1) is 9.44. The maximum Gasteiger partial charge on any atom is 0.328 e. The number of hydrogen-bond donors (Lipinski definition) is 0. The van der Waals surface area contributed by atoms with Crippen LogP contribution in [0.4, 0.5) is 0 Å². The van der Waals surface area contributed by atoms with E-state index < -0.39 is 12.0 Å². The van der Waals surface area contributed by atoms with E-state index in [1.807, 2.05) is 13.8 Å². The highest BCUT2D eigenvalue weighted by Gasteiger charge is 2.26. The lowest BCUT2D eigenvalue weighted by Crippen LogP contribution is -2.44. The van der Waals surface area contributed by atoms with Crippen molar-refractivity contribution in [2.24, 2.45) is 0 Å². The van der Waals surface area contributed by atoms with Crippen molar-refractivity contribution in [1.82, 2.24) is 4.90 Å². The molecular formula is C16H27NO3. The molecule has 0 aromatic rings. The van der Waals surface area contributed by atoms with Crippen molar-refractivity contribution >= 4 is 11.9 Å². The first-order valence-corrected chi connectivity index (χ1v) is 6.79. The van der Waals surface area contributed by atoms with Gasteiger partial charge in [-0.1, -0.05) is 39.2 Å². The zero-order chi connectivity index (χ0) is 16.3. The van der Waals surface area contributed by atoms with Crippen LogP contribution in [0.25, 0.3) is 0 Å². The number of carbonyl (C=O) groups excluding carboxylic acids is 2. The summed E-state index contributed by atoms with van der Waals surface area (Å²) in [6.45, 7) is 16.9. The monoisotopic (exact) mass is 281 g/mol. The molecule has 1 unspecified atom stereocenters. The Balaban J connectivity index is 0. The van der Waals surface area contributed by atoms with Crippen LogP contribution in [-0.4, -0.2) is 36.5 Å². The lowest BCUT2D eigenvalue weighted by Gasteiger charge is -2.26. The number of methoxy groups -OCH3 is 1. The second-order valence-electron chi connectivity index (χ2n) is 3.80. The van der Waals surface area contributed by atoms with Crippen LogP contribution in [0.15, 0.2) is 36.5 Å².